The van der Waals surface area contributed by atoms with Gasteiger partial charge in [0, 0.05) is 43.7 Å². The van der Waals surface area contributed by atoms with Crippen LogP contribution in [0.1, 0.15) is 34.6 Å². The molecule has 0 spiro atoms. The molecule has 3 rings (SSSR count). The summed E-state index contributed by atoms with van der Waals surface area (Å²) in [5.74, 6) is -0.114. The van der Waals surface area contributed by atoms with Crippen molar-refractivity contribution in [2.45, 2.75) is 19.5 Å². The summed E-state index contributed by atoms with van der Waals surface area (Å²) in [5.41, 5.74) is 2.66. The molecular weight excluding hydrogens is 302 g/mol. The van der Waals surface area contributed by atoms with Crippen LogP contribution in [-0.2, 0) is 11.3 Å². The van der Waals surface area contributed by atoms with Gasteiger partial charge >= 0.3 is 0 Å². The van der Waals surface area contributed by atoms with Crippen LogP contribution in [0.25, 0.3) is 6.08 Å². The molecule has 124 valence electrons. The van der Waals surface area contributed by atoms with Crippen LogP contribution < -0.4 is 5.32 Å². The standard InChI is InChI=1S/C19H21N3O2/c1-14-17-4-3-11-21(17)12-13-22(14)18(23)10-7-15-5-8-16(9-6-15)19(24)20-2/h3-11,14H,12-13H2,1-2H3,(H,20,24)/b10-7-/t14-/m0/s1. The molecule has 1 aliphatic rings. The Morgan fingerprint density at radius 2 is 1.92 bits per heavy atom. The summed E-state index contributed by atoms with van der Waals surface area (Å²) in [4.78, 5) is 25.9. The van der Waals surface area contributed by atoms with Crippen molar-refractivity contribution >= 4 is 17.9 Å². The zero-order valence-electron chi connectivity index (χ0n) is 13.9. The second kappa shape index (κ2) is 6.74. The fourth-order valence-corrected chi connectivity index (χ4v) is 3.03. The summed E-state index contributed by atoms with van der Waals surface area (Å²) >= 11 is 0. The molecule has 1 aliphatic heterocycles. The lowest BCUT2D eigenvalue weighted by atomic mass is 10.1. The summed E-state index contributed by atoms with van der Waals surface area (Å²) in [7, 11) is 1.60. The van der Waals surface area contributed by atoms with Crippen molar-refractivity contribution < 1.29 is 9.59 Å². The summed E-state index contributed by atoms with van der Waals surface area (Å²) in [6.45, 7) is 3.59. The molecule has 0 saturated carbocycles. The van der Waals surface area contributed by atoms with Gasteiger partial charge in [0.2, 0.25) is 5.91 Å². The van der Waals surface area contributed by atoms with Gasteiger partial charge in [0.15, 0.2) is 0 Å². The molecule has 2 heterocycles. The number of nitrogens with zero attached hydrogens (tertiary/aromatic N) is 2. The largest absolute Gasteiger partial charge is 0.355 e. The zero-order chi connectivity index (χ0) is 17.1. The smallest absolute Gasteiger partial charge is 0.251 e. The number of amides is 2. The number of carbonyl (C=O) groups excluding carboxylic acids is 2. The van der Waals surface area contributed by atoms with Crippen LogP contribution in [0.5, 0.6) is 0 Å². The van der Waals surface area contributed by atoms with Crippen molar-refractivity contribution in [3.05, 3.63) is 65.5 Å². The Morgan fingerprint density at radius 3 is 2.62 bits per heavy atom. The lowest BCUT2D eigenvalue weighted by Crippen LogP contribution is -2.39. The second-order valence-corrected chi connectivity index (χ2v) is 5.87. The lowest BCUT2D eigenvalue weighted by Gasteiger charge is -2.34. The van der Waals surface area contributed by atoms with Gasteiger partial charge in [0.25, 0.3) is 5.91 Å². The number of aromatic nitrogens is 1. The van der Waals surface area contributed by atoms with Crippen molar-refractivity contribution in [1.82, 2.24) is 14.8 Å². The van der Waals surface area contributed by atoms with E-state index in [2.05, 4.69) is 29.1 Å². The summed E-state index contributed by atoms with van der Waals surface area (Å²) < 4.78 is 2.19. The van der Waals surface area contributed by atoms with Crippen LogP contribution in [-0.4, -0.2) is 34.9 Å². The van der Waals surface area contributed by atoms with Crippen molar-refractivity contribution in [1.29, 1.82) is 0 Å². The number of benzene rings is 1. The Hall–Kier alpha value is -2.82. The summed E-state index contributed by atoms with van der Waals surface area (Å²) in [6, 6.07) is 11.3. The van der Waals surface area contributed by atoms with Gasteiger partial charge in [-0.25, -0.2) is 0 Å². The van der Waals surface area contributed by atoms with E-state index in [9.17, 15) is 9.59 Å². The quantitative estimate of drug-likeness (QED) is 0.882. The molecule has 0 radical (unpaired) electrons. The first kappa shape index (κ1) is 16.1. The molecule has 0 bridgehead atoms. The average Bonchev–Trinajstić information content (AvgIpc) is 3.09. The molecule has 1 aromatic carbocycles. The Bertz CT molecular complexity index is 774. The Morgan fingerprint density at radius 1 is 1.17 bits per heavy atom. The molecule has 2 amide bonds. The molecule has 1 N–H and O–H groups in total. The van der Waals surface area contributed by atoms with Crippen molar-refractivity contribution in [3.63, 3.8) is 0 Å². The average molecular weight is 323 g/mol. The number of rotatable bonds is 3. The number of hydrogen-bond acceptors (Lipinski definition) is 2. The summed E-state index contributed by atoms with van der Waals surface area (Å²) in [5, 5.41) is 2.59. The molecule has 0 fully saturated rings. The molecule has 1 aromatic heterocycles. The first-order chi connectivity index (χ1) is 11.6. The molecule has 0 unspecified atom stereocenters. The molecule has 2 aromatic rings. The third-order valence-corrected chi connectivity index (χ3v) is 4.44. The molecule has 0 saturated heterocycles. The molecule has 5 nitrogen and oxygen atoms in total. The molecular formula is C19H21N3O2. The fraction of sp³-hybridized carbons (Fsp3) is 0.263. The van der Waals surface area contributed by atoms with Crippen LogP contribution in [0, 0.1) is 0 Å². The van der Waals surface area contributed by atoms with E-state index in [1.54, 1.807) is 31.3 Å². The van der Waals surface area contributed by atoms with E-state index < -0.39 is 0 Å². The third-order valence-electron chi connectivity index (χ3n) is 4.44. The molecule has 0 aliphatic carbocycles. The van der Waals surface area contributed by atoms with E-state index in [0.29, 0.717) is 12.1 Å². The second-order valence-electron chi connectivity index (χ2n) is 5.87. The minimum atomic E-state index is -0.119. The number of fused-ring (bicyclic) bond motifs is 1. The first-order valence-electron chi connectivity index (χ1n) is 8.06. The van der Waals surface area contributed by atoms with Gasteiger partial charge in [0.1, 0.15) is 0 Å². The highest BCUT2D eigenvalue weighted by atomic mass is 16.2. The van der Waals surface area contributed by atoms with E-state index in [1.165, 1.54) is 0 Å². The normalized spacial score (nSPS) is 16.9. The van der Waals surface area contributed by atoms with Crippen LogP contribution >= 0.6 is 0 Å². The van der Waals surface area contributed by atoms with Gasteiger partial charge in [-0.3, -0.25) is 9.59 Å². The summed E-state index contributed by atoms with van der Waals surface area (Å²) in [6.07, 6.45) is 5.44. The van der Waals surface area contributed by atoms with Gasteiger partial charge in [-0.05, 0) is 42.8 Å². The molecule has 5 heteroatoms. The van der Waals surface area contributed by atoms with Gasteiger partial charge in [0.05, 0.1) is 6.04 Å². The van der Waals surface area contributed by atoms with E-state index in [1.807, 2.05) is 23.1 Å². The van der Waals surface area contributed by atoms with E-state index in [-0.39, 0.29) is 17.9 Å². The van der Waals surface area contributed by atoms with Gasteiger partial charge in [-0.1, -0.05) is 12.1 Å². The predicted molar refractivity (Wildman–Crippen MR) is 93.4 cm³/mol. The number of carbonyl (C=O) groups is 2. The predicted octanol–water partition coefficient (Wildman–Crippen LogP) is 2.46. The van der Waals surface area contributed by atoms with Crippen molar-refractivity contribution in [2.75, 3.05) is 13.6 Å². The van der Waals surface area contributed by atoms with Gasteiger partial charge in [-0.15, -0.1) is 0 Å². The number of nitrogens with one attached hydrogen (secondary N) is 1. The van der Waals surface area contributed by atoms with E-state index in [4.69, 9.17) is 0 Å². The van der Waals surface area contributed by atoms with Crippen LogP contribution in [0.15, 0.2) is 48.7 Å². The van der Waals surface area contributed by atoms with Crippen LogP contribution in [0.4, 0.5) is 0 Å². The molecule has 24 heavy (non-hydrogen) atoms. The maximum absolute atomic E-state index is 12.5. The molecule has 1 atom stereocenters. The van der Waals surface area contributed by atoms with Crippen LogP contribution in [0.2, 0.25) is 0 Å². The highest BCUT2D eigenvalue weighted by Crippen LogP contribution is 2.25. The SMILES string of the molecule is CNC(=O)c1ccc(/C=C\C(=O)N2CCn3cccc3[C@@H]2C)cc1. The lowest BCUT2D eigenvalue weighted by molar-refractivity contribution is -0.129. The fourth-order valence-electron chi connectivity index (χ4n) is 3.03. The van der Waals surface area contributed by atoms with Crippen molar-refractivity contribution in [3.8, 4) is 0 Å². The van der Waals surface area contributed by atoms with Crippen molar-refractivity contribution in [2.24, 2.45) is 0 Å². The highest BCUT2D eigenvalue weighted by Gasteiger charge is 2.25. The van der Waals surface area contributed by atoms with E-state index in [0.717, 1.165) is 17.8 Å². The van der Waals surface area contributed by atoms with E-state index >= 15 is 0 Å². The number of hydrogen-bond donors (Lipinski definition) is 1. The van der Waals surface area contributed by atoms with Crippen LogP contribution in [0.3, 0.4) is 0 Å². The topological polar surface area (TPSA) is 54.3 Å². The maximum atomic E-state index is 12.5. The minimum Gasteiger partial charge on any atom is -0.355 e. The highest BCUT2D eigenvalue weighted by molar-refractivity contribution is 5.95. The van der Waals surface area contributed by atoms with Gasteiger partial charge < -0.3 is 14.8 Å². The Balaban J connectivity index is 1.68. The zero-order valence-corrected chi connectivity index (χ0v) is 13.9. The third kappa shape index (κ3) is 3.11. The minimum absolute atomic E-state index is 0.00493. The monoisotopic (exact) mass is 323 g/mol. The Labute approximate surface area is 141 Å². The first-order valence-corrected chi connectivity index (χ1v) is 8.06. The maximum Gasteiger partial charge on any atom is 0.251 e. The van der Waals surface area contributed by atoms with Gasteiger partial charge in [-0.2, -0.15) is 0 Å². The Kier molecular flexibility index (Phi) is 4.51.